The van der Waals surface area contributed by atoms with Gasteiger partial charge in [0, 0.05) is 23.7 Å². The Hall–Kier alpha value is -1.95. The molecule has 0 spiro atoms. The predicted octanol–water partition coefficient (Wildman–Crippen LogP) is 2.76. The van der Waals surface area contributed by atoms with Gasteiger partial charge in [-0.15, -0.1) is 0 Å². The van der Waals surface area contributed by atoms with Crippen molar-refractivity contribution < 1.29 is 14.8 Å². The van der Waals surface area contributed by atoms with Crippen molar-refractivity contribution in [1.82, 2.24) is 4.90 Å². The van der Waals surface area contributed by atoms with Crippen LogP contribution in [-0.4, -0.2) is 33.5 Å². The number of nitrogens with zero attached hydrogens (tertiary/aromatic N) is 2. The molecular weight excluding hydrogens is 260 g/mol. The first-order valence-corrected chi connectivity index (χ1v) is 6.46. The van der Waals surface area contributed by atoms with E-state index in [0.717, 1.165) is 5.56 Å². The smallest absolute Gasteiger partial charge is 0.317 e. The average molecular weight is 280 g/mol. The van der Waals surface area contributed by atoms with E-state index >= 15 is 0 Å². The molecule has 110 valence electrons. The fraction of sp³-hybridized carbons (Fsp3) is 0.500. The van der Waals surface area contributed by atoms with Crippen LogP contribution in [-0.2, 0) is 4.79 Å². The molecular formula is C14H20N2O4. The van der Waals surface area contributed by atoms with Crippen LogP contribution in [0.3, 0.4) is 0 Å². The van der Waals surface area contributed by atoms with Crippen molar-refractivity contribution in [2.75, 3.05) is 6.54 Å². The topological polar surface area (TPSA) is 83.7 Å². The van der Waals surface area contributed by atoms with Gasteiger partial charge in [-0.2, -0.15) is 0 Å². The fourth-order valence-electron chi connectivity index (χ4n) is 2.20. The number of hydrogen-bond acceptors (Lipinski definition) is 4. The highest BCUT2D eigenvalue weighted by atomic mass is 16.6. The van der Waals surface area contributed by atoms with Gasteiger partial charge < -0.3 is 5.11 Å². The highest BCUT2D eigenvalue weighted by molar-refractivity contribution is 5.69. The largest absolute Gasteiger partial charge is 0.480 e. The van der Waals surface area contributed by atoms with E-state index in [0.29, 0.717) is 5.56 Å². The summed E-state index contributed by atoms with van der Waals surface area (Å²) in [6.07, 6.45) is 0. The fourth-order valence-corrected chi connectivity index (χ4v) is 2.20. The summed E-state index contributed by atoms with van der Waals surface area (Å²) < 4.78 is 0. The molecule has 1 aromatic rings. The van der Waals surface area contributed by atoms with E-state index < -0.39 is 10.9 Å². The molecule has 0 amide bonds. The summed E-state index contributed by atoms with van der Waals surface area (Å²) in [5, 5.41) is 19.9. The first-order chi connectivity index (χ1) is 9.23. The number of hydrogen-bond donors (Lipinski definition) is 1. The quantitative estimate of drug-likeness (QED) is 0.640. The van der Waals surface area contributed by atoms with Crippen molar-refractivity contribution in [3.8, 4) is 0 Å². The van der Waals surface area contributed by atoms with Crippen molar-refractivity contribution in [3.05, 3.63) is 39.4 Å². The van der Waals surface area contributed by atoms with Gasteiger partial charge in [0.15, 0.2) is 0 Å². The molecule has 1 unspecified atom stereocenters. The predicted molar refractivity (Wildman–Crippen MR) is 75.7 cm³/mol. The van der Waals surface area contributed by atoms with Gasteiger partial charge in [0.1, 0.15) is 0 Å². The van der Waals surface area contributed by atoms with Crippen LogP contribution in [0.1, 0.15) is 37.9 Å². The minimum atomic E-state index is -0.910. The minimum absolute atomic E-state index is 0.0291. The van der Waals surface area contributed by atoms with Gasteiger partial charge in [-0.05, 0) is 33.3 Å². The second-order valence-electron chi connectivity index (χ2n) is 5.14. The normalized spacial score (nSPS) is 12.7. The van der Waals surface area contributed by atoms with E-state index in [1.165, 1.54) is 6.07 Å². The number of nitro groups is 1. The lowest BCUT2D eigenvalue weighted by Gasteiger charge is -2.31. The van der Waals surface area contributed by atoms with Gasteiger partial charge in [-0.1, -0.05) is 12.1 Å². The highest BCUT2D eigenvalue weighted by Gasteiger charge is 2.23. The molecule has 0 aliphatic carbocycles. The lowest BCUT2D eigenvalue weighted by molar-refractivity contribution is -0.385. The van der Waals surface area contributed by atoms with Crippen LogP contribution in [0.2, 0.25) is 0 Å². The van der Waals surface area contributed by atoms with Crippen LogP contribution in [0.15, 0.2) is 18.2 Å². The molecule has 0 aliphatic rings. The zero-order valence-electron chi connectivity index (χ0n) is 12.2. The third-order valence-electron chi connectivity index (χ3n) is 3.39. The Labute approximate surface area is 118 Å². The third kappa shape index (κ3) is 3.77. The summed E-state index contributed by atoms with van der Waals surface area (Å²) in [5.74, 6) is -0.910. The Balaban J connectivity index is 3.11. The van der Waals surface area contributed by atoms with E-state index in [9.17, 15) is 14.9 Å². The molecule has 1 N–H and O–H groups in total. The second-order valence-corrected chi connectivity index (χ2v) is 5.14. The molecule has 0 aliphatic heterocycles. The first kappa shape index (κ1) is 16.1. The standard InChI is InChI=1S/C14H20N2O4/c1-9(2)15(8-14(17)18)11(4)12-6-5-10(3)13(7-12)16(19)20/h5-7,9,11H,8H2,1-4H3,(H,17,18). The third-order valence-corrected chi connectivity index (χ3v) is 3.39. The summed E-state index contributed by atoms with van der Waals surface area (Å²) in [6.45, 7) is 7.26. The molecule has 0 radical (unpaired) electrons. The monoisotopic (exact) mass is 280 g/mol. The van der Waals surface area contributed by atoms with E-state index in [1.807, 2.05) is 26.8 Å². The average Bonchev–Trinajstić information content (AvgIpc) is 2.34. The number of rotatable bonds is 6. The van der Waals surface area contributed by atoms with E-state index in [1.54, 1.807) is 17.9 Å². The Morgan fingerprint density at radius 3 is 2.45 bits per heavy atom. The molecule has 1 rings (SSSR count). The summed E-state index contributed by atoms with van der Waals surface area (Å²) in [5.41, 5.74) is 1.41. The van der Waals surface area contributed by atoms with E-state index in [2.05, 4.69) is 0 Å². The summed E-state index contributed by atoms with van der Waals surface area (Å²) in [7, 11) is 0. The summed E-state index contributed by atoms with van der Waals surface area (Å²) in [6, 6.07) is 4.86. The maximum atomic E-state index is 11.0. The van der Waals surface area contributed by atoms with Gasteiger partial charge >= 0.3 is 5.97 Å². The van der Waals surface area contributed by atoms with Crippen LogP contribution in [0, 0.1) is 17.0 Å². The van der Waals surface area contributed by atoms with Gasteiger partial charge in [0.2, 0.25) is 0 Å². The zero-order valence-corrected chi connectivity index (χ0v) is 12.2. The number of aryl methyl sites for hydroxylation is 1. The van der Waals surface area contributed by atoms with Gasteiger partial charge in [0.05, 0.1) is 11.5 Å². The van der Waals surface area contributed by atoms with Crippen LogP contribution in [0.25, 0.3) is 0 Å². The molecule has 20 heavy (non-hydrogen) atoms. The van der Waals surface area contributed by atoms with Crippen molar-refractivity contribution >= 4 is 11.7 Å². The van der Waals surface area contributed by atoms with Crippen molar-refractivity contribution in [1.29, 1.82) is 0 Å². The molecule has 0 fully saturated rings. The van der Waals surface area contributed by atoms with E-state index in [4.69, 9.17) is 5.11 Å². The second kappa shape index (κ2) is 6.47. The Kier molecular flexibility index (Phi) is 5.21. The number of carboxylic acids is 1. The Bertz CT molecular complexity index is 514. The molecule has 0 heterocycles. The van der Waals surface area contributed by atoms with Crippen LogP contribution in [0.5, 0.6) is 0 Å². The molecule has 6 nitrogen and oxygen atoms in total. The van der Waals surface area contributed by atoms with E-state index in [-0.39, 0.29) is 24.3 Å². The number of nitro benzene ring substituents is 1. The maximum absolute atomic E-state index is 11.0. The number of benzene rings is 1. The summed E-state index contributed by atoms with van der Waals surface area (Å²) in [4.78, 5) is 23.3. The van der Waals surface area contributed by atoms with Crippen molar-refractivity contribution in [2.45, 2.75) is 39.8 Å². The molecule has 1 aromatic carbocycles. The number of aliphatic carboxylic acids is 1. The van der Waals surface area contributed by atoms with Gasteiger partial charge in [-0.3, -0.25) is 19.8 Å². The highest BCUT2D eigenvalue weighted by Crippen LogP contribution is 2.27. The molecule has 0 saturated carbocycles. The minimum Gasteiger partial charge on any atom is -0.480 e. The Morgan fingerprint density at radius 2 is 2.00 bits per heavy atom. The molecule has 6 heteroatoms. The Morgan fingerprint density at radius 1 is 1.40 bits per heavy atom. The molecule has 0 bridgehead atoms. The van der Waals surface area contributed by atoms with Crippen LogP contribution >= 0.6 is 0 Å². The summed E-state index contributed by atoms with van der Waals surface area (Å²) >= 11 is 0. The lowest BCUT2D eigenvalue weighted by atomic mass is 10.0. The zero-order chi connectivity index (χ0) is 15.4. The lowest BCUT2D eigenvalue weighted by Crippen LogP contribution is -2.37. The maximum Gasteiger partial charge on any atom is 0.317 e. The molecule has 1 atom stereocenters. The van der Waals surface area contributed by atoms with Crippen molar-refractivity contribution in [3.63, 3.8) is 0 Å². The molecule has 0 saturated heterocycles. The first-order valence-electron chi connectivity index (χ1n) is 6.46. The number of carbonyl (C=O) groups is 1. The van der Waals surface area contributed by atoms with Crippen LogP contribution < -0.4 is 0 Å². The van der Waals surface area contributed by atoms with Crippen molar-refractivity contribution in [2.24, 2.45) is 0 Å². The van der Waals surface area contributed by atoms with Gasteiger partial charge in [-0.25, -0.2) is 0 Å². The molecule has 0 aromatic heterocycles. The van der Waals surface area contributed by atoms with Crippen LogP contribution in [0.4, 0.5) is 5.69 Å². The number of carboxylic acid groups (broad SMARTS) is 1. The van der Waals surface area contributed by atoms with Gasteiger partial charge in [0.25, 0.3) is 5.69 Å². The SMILES string of the molecule is Cc1ccc(C(C)N(CC(=O)O)C(C)C)cc1[N+](=O)[O-].